The van der Waals surface area contributed by atoms with Gasteiger partial charge in [-0.3, -0.25) is 0 Å². The molecule has 0 heterocycles. The second kappa shape index (κ2) is 6.75. The van der Waals surface area contributed by atoms with Gasteiger partial charge in [0.1, 0.15) is 0 Å². The maximum Gasteiger partial charge on any atom is 0.340 e. The molecule has 0 unspecified atom stereocenters. The van der Waals surface area contributed by atoms with Crippen LogP contribution in [0.1, 0.15) is 34.8 Å². The summed E-state index contributed by atoms with van der Waals surface area (Å²) in [6, 6.07) is 15.5. The fraction of sp³-hybridized carbons (Fsp3) is 0.235. The van der Waals surface area contributed by atoms with Gasteiger partial charge in [-0.2, -0.15) is 0 Å². The molecule has 20 heavy (non-hydrogen) atoms. The van der Waals surface area contributed by atoms with Crippen LogP contribution in [0.15, 0.2) is 48.5 Å². The lowest BCUT2D eigenvalue weighted by molar-refractivity contribution is 0.0506. The monoisotopic (exact) mass is 269 g/mol. The molecule has 0 fully saturated rings. The number of nitrogens with two attached hydrogens (primary N) is 1. The summed E-state index contributed by atoms with van der Waals surface area (Å²) in [6.07, 6.45) is 1.51. The van der Waals surface area contributed by atoms with Gasteiger partial charge in [-0.05, 0) is 30.0 Å². The first kappa shape index (κ1) is 14.1. The average Bonchev–Trinajstić information content (AvgIpc) is 2.48. The Morgan fingerprint density at radius 2 is 1.85 bits per heavy atom. The third-order valence-corrected chi connectivity index (χ3v) is 3.09. The van der Waals surface area contributed by atoms with Crippen molar-refractivity contribution in [1.29, 1.82) is 0 Å². The van der Waals surface area contributed by atoms with Gasteiger partial charge in [-0.1, -0.05) is 49.4 Å². The molecule has 2 aromatic carbocycles. The molecule has 0 amide bonds. The zero-order chi connectivity index (χ0) is 14.4. The van der Waals surface area contributed by atoms with E-state index in [-0.39, 0.29) is 5.97 Å². The number of anilines is 1. The predicted octanol–water partition coefficient (Wildman–Crippen LogP) is 3.43. The van der Waals surface area contributed by atoms with E-state index in [2.05, 4.69) is 0 Å². The SMILES string of the molecule is CCCOC(=O)c1cccc(Cc2ccccc2)c1N. The highest BCUT2D eigenvalue weighted by Crippen LogP contribution is 2.21. The van der Waals surface area contributed by atoms with Crippen LogP contribution in [0.25, 0.3) is 0 Å². The number of hydrogen-bond donors (Lipinski definition) is 1. The van der Waals surface area contributed by atoms with Crippen LogP contribution < -0.4 is 5.73 Å². The lowest BCUT2D eigenvalue weighted by Gasteiger charge is -2.10. The van der Waals surface area contributed by atoms with Crippen LogP contribution in [0.3, 0.4) is 0 Å². The van der Waals surface area contributed by atoms with Crippen molar-refractivity contribution in [2.75, 3.05) is 12.3 Å². The minimum absolute atomic E-state index is 0.348. The molecule has 0 saturated carbocycles. The summed E-state index contributed by atoms with van der Waals surface area (Å²) in [4.78, 5) is 11.9. The summed E-state index contributed by atoms with van der Waals surface area (Å²) < 4.78 is 5.14. The second-order valence-corrected chi connectivity index (χ2v) is 4.68. The number of nitrogen functional groups attached to an aromatic ring is 1. The smallest absolute Gasteiger partial charge is 0.340 e. The minimum Gasteiger partial charge on any atom is -0.462 e. The molecule has 2 aromatic rings. The molecule has 0 aliphatic rings. The van der Waals surface area contributed by atoms with Crippen molar-refractivity contribution in [1.82, 2.24) is 0 Å². The number of carbonyl (C=O) groups excluding carboxylic acids is 1. The minimum atomic E-state index is -0.348. The van der Waals surface area contributed by atoms with E-state index in [1.54, 1.807) is 6.07 Å². The number of carbonyl (C=O) groups is 1. The number of benzene rings is 2. The molecular weight excluding hydrogens is 250 g/mol. The van der Waals surface area contributed by atoms with Crippen molar-refractivity contribution in [3.63, 3.8) is 0 Å². The molecule has 104 valence electrons. The number of esters is 1. The third kappa shape index (κ3) is 3.38. The lowest BCUT2D eigenvalue weighted by atomic mass is 10.0. The summed E-state index contributed by atoms with van der Waals surface area (Å²) >= 11 is 0. The molecule has 0 spiro atoms. The van der Waals surface area contributed by atoms with E-state index in [4.69, 9.17) is 10.5 Å². The molecule has 0 atom stereocenters. The molecule has 2 rings (SSSR count). The maximum absolute atomic E-state index is 11.9. The molecule has 0 bridgehead atoms. The fourth-order valence-electron chi connectivity index (χ4n) is 2.03. The largest absolute Gasteiger partial charge is 0.462 e. The van der Waals surface area contributed by atoms with Gasteiger partial charge in [-0.15, -0.1) is 0 Å². The van der Waals surface area contributed by atoms with Gasteiger partial charge in [0.05, 0.1) is 12.2 Å². The van der Waals surface area contributed by atoms with E-state index in [1.165, 1.54) is 5.56 Å². The highest BCUT2D eigenvalue weighted by molar-refractivity contribution is 5.95. The molecule has 3 nitrogen and oxygen atoms in total. The Morgan fingerprint density at radius 3 is 2.55 bits per heavy atom. The van der Waals surface area contributed by atoms with E-state index < -0.39 is 0 Å². The van der Waals surface area contributed by atoms with E-state index >= 15 is 0 Å². The van der Waals surface area contributed by atoms with Gasteiger partial charge >= 0.3 is 5.97 Å². The number of ether oxygens (including phenoxy) is 1. The third-order valence-electron chi connectivity index (χ3n) is 3.09. The van der Waals surface area contributed by atoms with Crippen molar-refractivity contribution in [3.8, 4) is 0 Å². The average molecular weight is 269 g/mol. The van der Waals surface area contributed by atoms with Gasteiger partial charge in [0.2, 0.25) is 0 Å². The van der Waals surface area contributed by atoms with Crippen LogP contribution in [0.2, 0.25) is 0 Å². The Kier molecular flexibility index (Phi) is 4.77. The second-order valence-electron chi connectivity index (χ2n) is 4.68. The van der Waals surface area contributed by atoms with Gasteiger partial charge in [0.15, 0.2) is 0 Å². The Bertz CT molecular complexity index is 579. The van der Waals surface area contributed by atoms with Crippen LogP contribution in [-0.2, 0) is 11.2 Å². The van der Waals surface area contributed by atoms with Gasteiger partial charge < -0.3 is 10.5 Å². The Hall–Kier alpha value is -2.29. The lowest BCUT2D eigenvalue weighted by Crippen LogP contribution is -2.10. The first-order chi connectivity index (χ1) is 9.72. The molecule has 0 aromatic heterocycles. The van der Waals surface area contributed by atoms with Gasteiger partial charge in [-0.25, -0.2) is 4.79 Å². The van der Waals surface area contributed by atoms with Crippen molar-refractivity contribution in [2.24, 2.45) is 0 Å². The standard InChI is InChI=1S/C17H19NO2/c1-2-11-20-17(19)15-10-6-9-14(16(15)18)12-13-7-4-3-5-8-13/h3-10H,2,11-12,18H2,1H3. The molecular formula is C17H19NO2. The first-order valence-electron chi connectivity index (χ1n) is 6.80. The highest BCUT2D eigenvalue weighted by atomic mass is 16.5. The van der Waals surface area contributed by atoms with Crippen molar-refractivity contribution in [3.05, 3.63) is 65.2 Å². The topological polar surface area (TPSA) is 52.3 Å². The fourth-order valence-corrected chi connectivity index (χ4v) is 2.03. The highest BCUT2D eigenvalue weighted by Gasteiger charge is 2.13. The van der Waals surface area contributed by atoms with Crippen LogP contribution in [0.5, 0.6) is 0 Å². The summed E-state index contributed by atoms with van der Waals surface area (Å²) in [5, 5.41) is 0. The molecule has 0 radical (unpaired) electrons. The number of para-hydroxylation sites is 1. The zero-order valence-electron chi connectivity index (χ0n) is 11.6. The Labute approximate surface area is 119 Å². The molecule has 0 aliphatic heterocycles. The first-order valence-corrected chi connectivity index (χ1v) is 6.80. The van der Waals surface area contributed by atoms with E-state index in [9.17, 15) is 4.79 Å². The summed E-state index contributed by atoms with van der Waals surface area (Å²) in [7, 11) is 0. The zero-order valence-corrected chi connectivity index (χ0v) is 11.6. The predicted molar refractivity (Wildman–Crippen MR) is 80.7 cm³/mol. The number of hydrogen-bond acceptors (Lipinski definition) is 3. The molecule has 2 N–H and O–H groups in total. The van der Waals surface area contributed by atoms with Gasteiger partial charge in [0, 0.05) is 5.69 Å². The van der Waals surface area contributed by atoms with Gasteiger partial charge in [0.25, 0.3) is 0 Å². The van der Waals surface area contributed by atoms with E-state index in [1.807, 2.05) is 49.4 Å². The normalized spacial score (nSPS) is 10.2. The van der Waals surface area contributed by atoms with Crippen molar-refractivity contribution >= 4 is 11.7 Å². The maximum atomic E-state index is 11.9. The van der Waals surface area contributed by atoms with Crippen LogP contribution in [0, 0.1) is 0 Å². The van der Waals surface area contributed by atoms with Crippen molar-refractivity contribution in [2.45, 2.75) is 19.8 Å². The Morgan fingerprint density at radius 1 is 1.10 bits per heavy atom. The molecule has 0 saturated heterocycles. The van der Waals surface area contributed by atoms with Crippen LogP contribution in [-0.4, -0.2) is 12.6 Å². The summed E-state index contributed by atoms with van der Waals surface area (Å²) in [5.41, 5.74) is 9.18. The van der Waals surface area contributed by atoms with Crippen LogP contribution >= 0.6 is 0 Å². The summed E-state index contributed by atoms with van der Waals surface area (Å²) in [6.45, 7) is 2.38. The quantitative estimate of drug-likeness (QED) is 0.668. The van der Waals surface area contributed by atoms with Crippen LogP contribution in [0.4, 0.5) is 5.69 Å². The van der Waals surface area contributed by atoms with E-state index in [0.717, 1.165) is 12.0 Å². The molecule has 3 heteroatoms. The Balaban J connectivity index is 2.21. The summed E-state index contributed by atoms with van der Waals surface area (Å²) in [5.74, 6) is -0.348. The molecule has 0 aliphatic carbocycles. The van der Waals surface area contributed by atoms with E-state index in [0.29, 0.717) is 24.3 Å². The number of rotatable bonds is 5. The van der Waals surface area contributed by atoms with Crippen molar-refractivity contribution < 1.29 is 9.53 Å².